The Morgan fingerprint density at radius 1 is 1.50 bits per heavy atom. The largest absolute Gasteiger partial charge is 0.486 e. The molecule has 98 valence electrons. The molecule has 0 radical (unpaired) electrons. The third kappa shape index (κ3) is 2.78. The van der Waals surface area contributed by atoms with Gasteiger partial charge in [0, 0.05) is 21.8 Å². The zero-order chi connectivity index (χ0) is 13.2. The summed E-state index contributed by atoms with van der Waals surface area (Å²) < 4.78 is 5.62. The van der Waals surface area contributed by atoms with Gasteiger partial charge in [0.05, 0.1) is 11.5 Å². The normalized spacial score (nSPS) is 17.0. The number of nitrogens with zero attached hydrogens (tertiary/aromatic N) is 1. The molecule has 1 fully saturated rings. The lowest BCUT2D eigenvalue weighted by Gasteiger charge is -2.39. The SMILES string of the molecule is O=[N+]([O-])c1cc(Cl)ccc1OCC1(CBr)CCC1. The van der Waals surface area contributed by atoms with Crippen molar-refractivity contribution in [2.24, 2.45) is 5.41 Å². The molecular formula is C12H13BrClNO3. The van der Waals surface area contributed by atoms with Crippen LogP contribution < -0.4 is 4.74 Å². The van der Waals surface area contributed by atoms with Gasteiger partial charge in [-0.3, -0.25) is 10.1 Å². The highest BCUT2D eigenvalue weighted by molar-refractivity contribution is 9.09. The Bertz CT molecular complexity index is 457. The number of hydrogen-bond donors (Lipinski definition) is 0. The van der Waals surface area contributed by atoms with Crippen molar-refractivity contribution in [3.05, 3.63) is 33.3 Å². The predicted octanol–water partition coefficient (Wildman–Crippen LogP) is 4.19. The molecule has 0 atom stereocenters. The monoisotopic (exact) mass is 333 g/mol. The van der Waals surface area contributed by atoms with Crippen LogP contribution in [0.25, 0.3) is 0 Å². The first kappa shape index (κ1) is 13.6. The summed E-state index contributed by atoms with van der Waals surface area (Å²) in [6, 6.07) is 4.48. The van der Waals surface area contributed by atoms with Gasteiger partial charge in [-0.25, -0.2) is 0 Å². The number of hydrogen-bond acceptors (Lipinski definition) is 3. The molecule has 0 aromatic heterocycles. The average Bonchev–Trinajstić information content (AvgIpc) is 2.29. The molecule has 1 saturated carbocycles. The Balaban J connectivity index is 2.11. The minimum atomic E-state index is -0.469. The molecule has 2 rings (SSSR count). The fourth-order valence-electron chi connectivity index (χ4n) is 1.98. The van der Waals surface area contributed by atoms with Crippen molar-refractivity contribution in [3.8, 4) is 5.75 Å². The first-order valence-corrected chi connectivity index (χ1v) is 7.19. The Labute approximate surface area is 119 Å². The van der Waals surface area contributed by atoms with E-state index < -0.39 is 4.92 Å². The summed E-state index contributed by atoms with van der Waals surface area (Å²) in [5.74, 6) is 0.289. The minimum Gasteiger partial charge on any atom is -0.486 e. The molecule has 0 spiro atoms. The van der Waals surface area contributed by atoms with Gasteiger partial charge >= 0.3 is 5.69 Å². The quantitative estimate of drug-likeness (QED) is 0.461. The summed E-state index contributed by atoms with van der Waals surface area (Å²) in [6.45, 7) is 0.501. The van der Waals surface area contributed by atoms with Crippen molar-refractivity contribution in [1.82, 2.24) is 0 Å². The zero-order valence-electron chi connectivity index (χ0n) is 9.70. The van der Waals surface area contributed by atoms with Gasteiger partial charge in [0.1, 0.15) is 0 Å². The van der Waals surface area contributed by atoms with E-state index in [9.17, 15) is 10.1 Å². The number of alkyl halides is 1. The van der Waals surface area contributed by atoms with Gasteiger partial charge in [0.2, 0.25) is 0 Å². The second-order valence-electron chi connectivity index (χ2n) is 4.65. The first-order valence-electron chi connectivity index (χ1n) is 5.69. The van der Waals surface area contributed by atoms with Gasteiger partial charge in [-0.15, -0.1) is 0 Å². The Kier molecular flexibility index (Phi) is 4.12. The van der Waals surface area contributed by atoms with Crippen LogP contribution in [-0.4, -0.2) is 16.9 Å². The maximum absolute atomic E-state index is 10.9. The van der Waals surface area contributed by atoms with Crippen molar-refractivity contribution in [3.63, 3.8) is 0 Å². The van der Waals surface area contributed by atoms with E-state index in [1.165, 1.54) is 12.5 Å². The molecular weight excluding hydrogens is 321 g/mol. The number of benzene rings is 1. The standard InChI is InChI=1S/C12H13BrClNO3/c13-7-12(4-1-5-12)8-18-11-3-2-9(14)6-10(11)15(16)17/h2-3,6H,1,4-5,7-8H2. The molecule has 1 aromatic rings. The zero-order valence-corrected chi connectivity index (χ0v) is 12.0. The van der Waals surface area contributed by atoms with Gasteiger partial charge in [0.25, 0.3) is 0 Å². The fraction of sp³-hybridized carbons (Fsp3) is 0.500. The molecule has 0 amide bonds. The summed E-state index contributed by atoms with van der Waals surface area (Å²) >= 11 is 9.23. The summed E-state index contributed by atoms with van der Waals surface area (Å²) in [4.78, 5) is 10.4. The predicted molar refractivity (Wildman–Crippen MR) is 73.7 cm³/mol. The van der Waals surface area contributed by atoms with Crippen LogP contribution in [0.5, 0.6) is 5.75 Å². The van der Waals surface area contributed by atoms with Crippen LogP contribution in [0.1, 0.15) is 19.3 Å². The molecule has 0 bridgehead atoms. The number of rotatable bonds is 5. The van der Waals surface area contributed by atoms with E-state index in [-0.39, 0.29) is 16.9 Å². The van der Waals surface area contributed by atoms with Crippen molar-refractivity contribution in [1.29, 1.82) is 0 Å². The lowest BCUT2D eigenvalue weighted by Crippen LogP contribution is -2.37. The second-order valence-corrected chi connectivity index (χ2v) is 5.64. The summed E-state index contributed by atoms with van der Waals surface area (Å²) in [6.07, 6.45) is 3.39. The van der Waals surface area contributed by atoms with Crippen LogP contribution in [-0.2, 0) is 0 Å². The molecule has 1 aliphatic carbocycles. The van der Waals surface area contributed by atoms with E-state index in [1.807, 2.05) is 0 Å². The molecule has 4 nitrogen and oxygen atoms in total. The van der Waals surface area contributed by atoms with Crippen molar-refractivity contribution >= 4 is 33.2 Å². The van der Waals surface area contributed by atoms with E-state index >= 15 is 0 Å². The van der Waals surface area contributed by atoms with E-state index in [1.54, 1.807) is 12.1 Å². The first-order chi connectivity index (χ1) is 8.56. The number of nitro groups is 1. The average molecular weight is 335 g/mol. The molecule has 0 unspecified atom stereocenters. The van der Waals surface area contributed by atoms with E-state index in [4.69, 9.17) is 16.3 Å². The highest BCUT2D eigenvalue weighted by atomic mass is 79.9. The highest BCUT2D eigenvalue weighted by Gasteiger charge is 2.37. The molecule has 1 aliphatic rings. The smallest absolute Gasteiger partial charge is 0.312 e. The summed E-state index contributed by atoms with van der Waals surface area (Å²) in [7, 11) is 0. The highest BCUT2D eigenvalue weighted by Crippen LogP contribution is 2.43. The van der Waals surface area contributed by atoms with Crippen molar-refractivity contribution in [2.45, 2.75) is 19.3 Å². The third-order valence-corrected chi connectivity index (χ3v) is 4.77. The van der Waals surface area contributed by atoms with Gasteiger partial charge < -0.3 is 4.74 Å². The topological polar surface area (TPSA) is 52.4 Å². The fourth-order valence-corrected chi connectivity index (χ4v) is 2.87. The third-order valence-electron chi connectivity index (χ3n) is 3.35. The van der Waals surface area contributed by atoms with Gasteiger partial charge in [-0.2, -0.15) is 0 Å². The summed E-state index contributed by atoms with van der Waals surface area (Å²) in [5.41, 5.74) is 0.0552. The molecule has 18 heavy (non-hydrogen) atoms. The lowest BCUT2D eigenvalue weighted by atomic mass is 9.71. The van der Waals surface area contributed by atoms with E-state index in [0.717, 1.165) is 18.2 Å². The van der Waals surface area contributed by atoms with Crippen LogP contribution >= 0.6 is 27.5 Å². The lowest BCUT2D eigenvalue weighted by molar-refractivity contribution is -0.386. The molecule has 0 N–H and O–H groups in total. The minimum absolute atomic E-state index is 0.0773. The number of nitro benzene ring substituents is 1. The maximum atomic E-state index is 10.9. The number of halogens is 2. The van der Waals surface area contributed by atoms with Crippen molar-refractivity contribution in [2.75, 3.05) is 11.9 Å². The molecule has 6 heteroatoms. The Morgan fingerprint density at radius 3 is 2.72 bits per heavy atom. The van der Waals surface area contributed by atoms with Crippen molar-refractivity contribution < 1.29 is 9.66 Å². The Morgan fingerprint density at radius 2 is 2.22 bits per heavy atom. The van der Waals surface area contributed by atoms with Crippen LogP contribution in [0.15, 0.2) is 18.2 Å². The molecule has 0 aliphatic heterocycles. The molecule has 0 heterocycles. The van der Waals surface area contributed by atoms with Crippen LogP contribution in [0, 0.1) is 15.5 Å². The van der Waals surface area contributed by atoms with Crippen LogP contribution in [0.3, 0.4) is 0 Å². The van der Waals surface area contributed by atoms with E-state index in [2.05, 4.69) is 15.9 Å². The Hall–Kier alpha value is -0.810. The molecule has 1 aromatic carbocycles. The van der Waals surface area contributed by atoms with Gasteiger partial charge in [-0.1, -0.05) is 34.0 Å². The molecule has 0 saturated heterocycles. The van der Waals surface area contributed by atoms with Crippen LogP contribution in [0.2, 0.25) is 5.02 Å². The van der Waals surface area contributed by atoms with E-state index in [0.29, 0.717) is 11.6 Å². The van der Waals surface area contributed by atoms with Gasteiger partial charge in [0.15, 0.2) is 5.75 Å². The number of ether oxygens (including phenoxy) is 1. The van der Waals surface area contributed by atoms with Gasteiger partial charge in [-0.05, 0) is 25.0 Å². The van der Waals surface area contributed by atoms with Crippen LogP contribution in [0.4, 0.5) is 5.69 Å². The maximum Gasteiger partial charge on any atom is 0.312 e. The second kappa shape index (κ2) is 5.45. The summed E-state index contributed by atoms with van der Waals surface area (Å²) in [5, 5.41) is 12.1.